The molecule has 0 radical (unpaired) electrons. The Kier molecular flexibility index (Phi) is 5.93. The lowest BCUT2D eigenvalue weighted by Gasteiger charge is -2.50. The van der Waals surface area contributed by atoms with E-state index in [2.05, 4.69) is 181 Å². The van der Waals surface area contributed by atoms with Crippen LogP contribution in [0.1, 0.15) is 5.56 Å². The summed E-state index contributed by atoms with van der Waals surface area (Å²) in [7, 11) is 0. The van der Waals surface area contributed by atoms with Crippen molar-refractivity contribution in [1.82, 2.24) is 0 Å². The number of benzene rings is 8. The molecule has 9 aromatic rings. The van der Waals surface area contributed by atoms with Gasteiger partial charge in [0, 0.05) is 54.6 Å². The van der Waals surface area contributed by atoms with Gasteiger partial charge in [-0.25, -0.2) is 0 Å². The van der Waals surface area contributed by atoms with Gasteiger partial charge in [-0.1, -0.05) is 139 Å². The van der Waals surface area contributed by atoms with E-state index in [1.165, 1.54) is 93.4 Å². The number of anilines is 6. The second kappa shape index (κ2) is 10.9. The molecule has 0 aliphatic carbocycles. The summed E-state index contributed by atoms with van der Waals surface area (Å²) >= 11 is 1.94. The predicted molar refractivity (Wildman–Crippen MR) is 233 cm³/mol. The molecular weight excluding hydrogens is 686 g/mol. The van der Waals surface area contributed by atoms with E-state index >= 15 is 0 Å². The Bertz CT molecular complexity index is 3140. The number of nitrogens with zero attached hydrogens (tertiary/aromatic N) is 2. The lowest BCUT2D eigenvalue weighted by Crippen LogP contribution is -2.68. The molecule has 0 unspecified atom stereocenters. The first-order chi connectivity index (χ1) is 27.3. The number of furan rings is 1. The highest BCUT2D eigenvalue weighted by Crippen LogP contribution is 2.54. The van der Waals surface area contributed by atoms with Gasteiger partial charge in [-0.05, 0) is 87.8 Å². The van der Waals surface area contributed by atoms with Crippen molar-refractivity contribution in [2.45, 2.75) is 16.7 Å². The molecule has 4 aliphatic heterocycles. The maximum Gasteiger partial charge on any atom is 0.252 e. The number of hydrogen-bond donors (Lipinski definition) is 0. The molecule has 13 rings (SSSR count). The van der Waals surface area contributed by atoms with Crippen molar-refractivity contribution in [2.75, 3.05) is 9.80 Å². The largest absolute Gasteiger partial charge is 0.456 e. The van der Waals surface area contributed by atoms with Gasteiger partial charge in [-0.3, -0.25) is 0 Å². The van der Waals surface area contributed by atoms with Gasteiger partial charge in [0.1, 0.15) is 11.2 Å². The number of rotatable bonds is 2. The molecule has 4 aliphatic rings. The van der Waals surface area contributed by atoms with Crippen LogP contribution in [-0.2, 0) is 0 Å². The highest BCUT2D eigenvalue weighted by molar-refractivity contribution is 8.00. The first-order valence-corrected chi connectivity index (χ1v) is 19.9. The molecule has 0 spiro atoms. The van der Waals surface area contributed by atoms with Crippen LogP contribution in [0.4, 0.5) is 34.1 Å². The summed E-state index contributed by atoms with van der Waals surface area (Å²) in [4.78, 5) is 7.86. The number of aryl methyl sites for hydroxylation is 1. The summed E-state index contributed by atoms with van der Waals surface area (Å²) in [6.45, 7) is 2.36. The molecule has 55 heavy (non-hydrogen) atoms. The first-order valence-electron chi connectivity index (χ1n) is 19.1. The van der Waals surface area contributed by atoms with Gasteiger partial charge in [0.2, 0.25) is 6.71 Å². The van der Waals surface area contributed by atoms with E-state index in [0.717, 1.165) is 21.9 Å². The Hall–Kier alpha value is -6.36. The van der Waals surface area contributed by atoms with E-state index in [0.29, 0.717) is 0 Å². The minimum atomic E-state index is 0.0337. The Balaban J connectivity index is 1.30. The lowest BCUT2D eigenvalue weighted by molar-refractivity contribution is 0.669. The fourth-order valence-electron chi connectivity index (χ4n) is 10.3. The van der Waals surface area contributed by atoms with Crippen molar-refractivity contribution in [3.05, 3.63) is 169 Å². The number of fused-ring (bicyclic) bond motifs is 13. The standard InChI is InChI=1S/C49H30B2N2OS/c1-29-15-2-8-22-36(29)52-37-23-9-4-18-32(37)50-33-19-5-10-24-38(33)53-39-25-11-6-20-34(39)51-35-21-7-13-28-42(35)55-49-44(47(52)45(50)48(53)46(49)51)31-17-14-27-41-43(31)30-16-3-12-26-40(30)54-41/h2-28H,1H3. The second-order valence-corrected chi connectivity index (χ2v) is 16.2. The van der Waals surface area contributed by atoms with Crippen LogP contribution in [0.2, 0.25) is 0 Å². The van der Waals surface area contributed by atoms with E-state index in [4.69, 9.17) is 4.42 Å². The van der Waals surface area contributed by atoms with E-state index in [1.54, 1.807) is 0 Å². The molecule has 0 N–H and O–H groups in total. The minimum Gasteiger partial charge on any atom is -0.456 e. The van der Waals surface area contributed by atoms with Gasteiger partial charge in [0.15, 0.2) is 0 Å². The van der Waals surface area contributed by atoms with Crippen molar-refractivity contribution < 1.29 is 4.42 Å². The molecular formula is C49H30B2N2OS. The lowest BCUT2D eigenvalue weighted by atomic mass is 9.29. The molecule has 0 fully saturated rings. The molecule has 5 heterocycles. The molecule has 6 heteroatoms. The van der Waals surface area contributed by atoms with Crippen LogP contribution in [-0.4, -0.2) is 13.4 Å². The fraction of sp³-hybridized carbons (Fsp3) is 0.0204. The molecule has 0 saturated heterocycles. The van der Waals surface area contributed by atoms with Crippen molar-refractivity contribution >= 4 is 114 Å². The third-order valence-corrected chi connectivity index (χ3v) is 13.7. The van der Waals surface area contributed by atoms with Gasteiger partial charge in [0.25, 0.3) is 6.71 Å². The summed E-state index contributed by atoms with van der Waals surface area (Å²) in [5, 5.41) is 2.31. The third kappa shape index (κ3) is 3.80. The Morgan fingerprint density at radius 1 is 0.473 bits per heavy atom. The van der Waals surface area contributed by atoms with Gasteiger partial charge in [-0.15, -0.1) is 0 Å². The topological polar surface area (TPSA) is 19.6 Å². The smallest absolute Gasteiger partial charge is 0.252 e. The zero-order valence-corrected chi connectivity index (χ0v) is 30.8. The zero-order valence-electron chi connectivity index (χ0n) is 30.0. The summed E-state index contributed by atoms with van der Waals surface area (Å²) in [5.41, 5.74) is 21.3. The molecule has 8 aromatic carbocycles. The average molecular weight is 716 g/mol. The van der Waals surface area contributed by atoms with Crippen LogP contribution in [0.5, 0.6) is 0 Å². The second-order valence-electron chi connectivity index (χ2n) is 15.1. The van der Waals surface area contributed by atoms with Crippen LogP contribution in [0.25, 0.3) is 33.1 Å². The normalized spacial score (nSPS) is 14.1. The van der Waals surface area contributed by atoms with E-state index in [9.17, 15) is 0 Å². The van der Waals surface area contributed by atoms with Crippen molar-refractivity contribution in [3.8, 4) is 11.1 Å². The highest BCUT2D eigenvalue weighted by Gasteiger charge is 2.52. The molecule has 254 valence electrons. The maximum atomic E-state index is 6.64. The summed E-state index contributed by atoms with van der Waals surface area (Å²) in [5.74, 6) is 0. The van der Waals surface area contributed by atoms with Crippen molar-refractivity contribution in [1.29, 1.82) is 0 Å². The average Bonchev–Trinajstić information content (AvgIpc) is 3.63. The summed E-state index contributed by atoms with van der Waals surface area (Å²) in [6.07, 6.45) is 0. The Morgan fingerprint density at radius 2 is 1.02 bits per heavy atom. The van der Waals surface area contributed by atoms with E-state index in [1.807, 2.05) is 11.8 Å². The van der Waals surface area contributed by atoms with Crippen molar-refractivity contribution in [3.63, 3.8) is 0 Å². The minimum absolute atomic E-state index is 0.0337. The number of hydrogen-bond acceptors (Lipinski definition) is 4. The fourth-order valence-corrected chi connectivity index (χ4v) is 11.6. The SMILES string of the molecule is Cc1ccccc1N1c2ccccc2B2c3ccccc3N3c4ccccc4B4c5ccccc5Sc5c4c3c2c1c5-c1cccc2oc3ccccc3c12. The zero-order chi connectivity index (χ0) is 35.9. The van der Waals surface area contributed by atoms with Crippen LogP contribution in [0.3, 0.4) is 0 Å². The molecule has 0 amide bonds. The molecule has 1 aromatic heterocycles. The summed E-state index contributed by atoms with van der Waals surface area (Å²) < 4.78 is 6.64. The number of para-hydroxylation sites is 5. The molecule has 0 atom stereocenters. The molecule has 0 saturated carbocycles. The first kappa shape index (κ1) is 30.0. The van der Waals surface area contributed by atoms with Crippen LogP contribution >= 0.6 is 11.8 Å². The summed E-state index contributed by atoms with van der Waals surface area (Å²) in [6, 6.07) is 60.6. The van der Waals surface area contributed by atoms with E-state index in [-0.39, 0.29) is 13.4 Å². The van der Waals surface area contributed by atoms with Gasteiger partial charge in [-0.2, -0.15) is 0 Å². The monoisotopic (exact) mass is 716 g/mol. The van der Waals surface area contributed by atoms with E-state index < -0.39 is 0 Å². The van der Waals surface area contributed by atoms with Crippen LogP contribution < -0.4 is 42.6 Å². The Labute approximate surface area is 324 Å². The highest BCUT2D eigenvalue weighted by atomic mass is 32.2. The predicted octanol–water partition coefficient (Wildman–Crippen LogP) is 8.94. The van der Waals surface area contributed by atoms with Gasteiger partial charge >= 0.3 is 0 Å². The van der Waals surface area contributed by atoms with Crippen LogP contribution in [0.15, 0.2) is 178 Å². The maximum absolute atomic E-state index is 6.64. The molecule has 3 nitrogen and oxygen atoms in total. The third-order valence-electron chi connectivity index (χ3n) is 12.4. The van der Waals surface area contributed by atoms with Gasteiger partial charge in [0.05, 0.1) is 5.69 Å². The van der Waals surface area contributed by atoms with Gasteiger partial charge < -0.3 is 14.2 Å². The Morgan fingerprint density at radius 3 is 1.73 bits per heavy atom. The van der Waals surface area contributed by atoms with Crippen molar-refractivity contribution in [2.24, 2.45) is 0 Å². The quantitative estimate of drug-likeness (QED) is 0.167. The van der Waals surface area contributed by atoms with Crippen LogP contribution in [0, 0.1) is 6.92 Å². The molecule has 0 bridgehead atoms.